The van der Waals surface area contributed by atoms with Crippen LogP contribution in [0.2, 0.25) is 0 Å². The third kappa shape index (κ3) is 2.82. The molecular formula is C36H22BNO. The second-order valence-corrected chi connectivity index (χ2v) is 10.5. The van der Waals surface area contributed by atoms with Gasteiger partial charge in [-0.2, -0.15) is 0 Å². The van der Waals surface area contributed by atoms with Gasteiger partial charge in [-0.1, -0.05) is 115 Å². The van der Waals surface area contributed by atoms with Gasteiger partial charge in [0.25, 0.3) is 0 Å². The molecule has 2 aliphatic heterocycles. The highest BCUT2D eigenvalue weighted by atomic mass is 16.3. The van der Waals surface area contributed by atoms with Crippen LogP contribution >= 0.6 is 0 Å². The van der Waals surface area contributed by atoms with Crippen molar-refractivity contribution >= 4 is 51.1 Å². The Kier molecular flexibility index (Phi) is 4.17. The number of hydrogen-bond acceptors (Lipinski definition) is 2. The second kappa shape index (κ2) is 7.75. The zero-order chi connectivity index (χ0) is 25.5. The number of anilines is 2. The molecule has 0 unspecified atom stereocenters. The zero-order valence-electron chi connectivity index (χ0n) is 21.1. The van der Waals surface area contributed by atoms with E-state index in [-0.39, 0.29) is 6.85 Å². The predicted octanol–water partition coefficient (Wildman–Crippen LogP) is 8.16. The quantitative estimate of drug-likeness (QED) is 0.214. The summed E-state index contributed by atoms with van der Waals surface area (Å²) in [4.78, 5) is 2.54. The molecule has 0 amide bonds. The Morgan fingerprint density at radius 3 is 1.90 bits per heavy atom. The lowest BCUT2D eigenvalue weighted by Gasteiger charge is -2.43. The molecule has 0 aliphatic carbocycles. The maximum atomic E-state index is 6.44. The van der Waals surface area contributed by atoms with E-state index < -0.39 is 0 Å². The van der Waals surface area contributed by atoms with E-state index in [1.807, 2.05) is 6.07 Å². The highest BCUT2D eigenvalue weighted by Gasteiger charge is 2.42. The first-order valence-corrected chi connectivity index (χ1v) is 13.5. The maximum Gasteiger partial charge on any atom is 0.329 e. The molecule has 2 aliphatic rings. The van der Waals surface area contributed by atoms with Gasteiger partial charge >= 0.3 is 6.85 Å². The van der Waals surface area contributed by atoms with Crippen LogP contribution in [0.1, 0.15) is 0 Å². The van der Waals surface area contributed by atoms with Gasteiger partial charge in [-0.05, 0) is 45.8 Å². The van der Waals surface area contributed by atoms with Gasteiger partial charge in [-0.3, -0.25) is 0 Å². The molecule has 2 nitrogen and oxygen atoms in total. The molecule has 0 fully saturated rings. The number of furan rings is 1. The summed E-state index contributed by atoms with van der Waals surface area (Å²) in [5.41, 5.74) is 14.5. The van der Waals surface area contributed by atoms with Crippen LogP contribution in [0.15, 0.2) is 138 Å². The van der Waals surface area contributed by atoms with Crippen molar-refractivity contribution in [2.75, 3.05) is 4.81 Å². The van der Waals surface area contributed by atoms with E-state index in [4.69, 9.17) is 4.42 Å². The summed E-state index contributed by atoms with van der Waals surface area (Å²) in [5, 5.41) is 2.31. The minimum absolute atomic E-state index is 0.0795. The molecule has 0 radical (unpaired) electrons. The van der Waals surface area contributed by atoms with Crippen molar-refractivity contribution in [3.63, 3.8) is 0 Å². The van der Waals surface area contributed by atoms with Crippen LogP contribution in [0, 0.1) is 0 Å². The number of rotatable bonds is 1. The molecule has 0 saturated carbocycles. The monoisotopic (exact) mass is 495 g/mol. The lowest BCUT2D eigenvalue weighted by Crippen LogP contribution is -2.59. The van der Waals surface area contributed by atoms with Crippen LogP contribution in [0.4, 0.5) is 11.4 Å². The first kappa shape index (κ1) is 21.0. The summed E-state index contributed by atoms with van der Waals surface area (Å²) in [6, 6.07) is 48.3. The Morgan fingerprint density at radius 1 is 0.462 bits per heavy atom. The summed E-state index contributed by atoms with van der Waals surface area (Å²) >= 11 is 0. The third-order valence-electron chi connectivity index (χ3n) is 8.48. The van der Waals surface area contributed by atoms with Crippen molar-refractivity contribution in [1.29, 1.82) is 0 Å². The van der Waals surface area contributed by atoms with Crippen LogP contribution in [0.25, 0.3) is 55.3 Å². The molecule has 7 aromatic rings. The average molecular weight is 495 g/mol. The summed E-state index contributed by atoms with van der Waals surface area (Å²) in [5.74, 6) is 0. The Labute approximate surface area is 226 Å². The van der Waals surface area contributed by atoms with Crippen LogP contribution in [-0.2, 0) is 0 Å². The number of benzene rings is 6. The Balaban J connectivity index is 1.34. The van der Waals surface area contributed by atoms with Gasteiger partial charge in [0.15, 0.2) is 0 Å². The number of fused-ring (bicyclic) bond motifs is 14. The normalized spacial score (nSPS) is 13.0. The van der Waals surface area contributed by atoms with Crippen molar-refractivity contribution < 1.29 is 4.42 Å². The van der Waals surface area contributed by atoms with Crippen molar-refractivity contribution in [2.45, 2.75) is 0 Å². The molecule has 0 N–H and O–H groups in total. The van der Waals surface area contributed by atoms with Crippen molar-refractivity contribution in [3.8, 4) is 33.4 Å². The van der Waals surface area contributed by atoms with E-state index in [0.717, 1.165) is 27.5 Å². The fraction of sp³-hybridized carbons (Fsp3) is 0. The van der Waals surface area contributed by atoms with E-state index in [2.05, 4.69) is 132 Å². The Hall–Kier alpha value is -5.02. The molecule has 0 atom stereocenters. The second-order valence-electron chi connectivity index (χ2n) is 10.5. The van der Waals surface area contributed by atoms with Crippen molar-refractivity contribution in [2.24, 2.45) is 0 Å². The Bertz CT molecular complexity index is 2110. The molecule has 3 heterocycles. The lowest BCUT2D eigenvalue weighted by molar-refractivity contribution is 0.670. The standard InChI is InChI=1S/C36H22BNO/c1-5-16-31-25(10-1)27-11-2-6-17-33(27)38-34-18-7-3-12-28(34)26-21-20-23(22-32(26)37(31)38)24-14-9-15-30-29-13-4-8-19-35(29)39-36(24)30/h1-22H. The molecule has 9 rings (SSSR count). The molecule has 180 valence electrons. The van der Waals surface area contributed by atoms with Crippen LogP contribution in [-0.4, -0.2) is 6.85 Å². The lowest BCUT2D eigenvalue weighted by atomic mass is 9.43. The highest BCUT2D eigenvalue weighted by Crippen LogP contribution is 2.46. The van der Waals surface area contributed by atoms with Crippen molar-refractivity contribution in [1.82, 2.24) is 0 Å². The summed E-state index contributed by atoms with van der Waals surface area (Å²) in [6.45, 7) is 0.0795. The fourth-order valence-electron chi connectivity index (χ4n) is 6.83. The third-order valence-corrected chi connectivity index (χ3v) is 8.48. The highest BCUT2D eigenvalue weighted by molar-refractivity contribution is 6.92. The fourth-order valence-corrected chi connectivity index (χ4v) is 6.83. The van der Waals surface area contributed by atoms with Crippen molar-refractivity contribution in [3.05, 3.63) is 133 Å². The van der Waals surface area contributed by atoms with E-state index in [1.54, 1.807) is 0 Å². The predicted molar refractivity (Wildman–Crippen MR) is 164 cm³/mol. The van der Waals surface area contributed by atoms with Crippen LogP contribution in [0.5, 0.6) is 0 Å². The molecule has 0 spiro atoms. The van der Waals surface area contributed by atoms with Crippen LogP contribution in [0.3, 0.4) is 0 Å². The van der Waals surface area contributed by atoms with Crippen LogP contribution < -0.4 is 15.7 Å². The van der Waals surface area contributed by atoms with E-state index in [9.17, 15) is 0 Å². The van der Waals surface area contributed by atoms with Gasteiger partial charge in [0, 0.05) is 38.8 Å². The molecule has 0 saturated heterocycles. The summed E-state index contributed by atoms with van der Waals surface area (Å²) in [7, 11) is 0. The first-order chi connectivity index (χ1) is 19.4. The van der Waals surface area contributed by atoms with Gasteiger partial charge < -0.3 is 9.23 Å². The maximum absolute atomic E-state index is 6.44. The molecule has 0 bridgehead atoms. The first-order valence-electron chi connectivity index (χ1n) is 13.5. The number of para-hydroxylation sites is 4. The zero-order valence-corrected chi connectivity index (χ0v) is 21.1. The van der Waals surface area contributed by atoms with Gasteiger partial charge in [-0.15, -0.1) is 0 Å². The molecule has 3 heteroatoms. The molecular weight excluding hydrogens is 473 g/mol. The van der Waals surface area contributed by atoms with E-state index in [0.29, 0.717) is 0 Å². The molecule has 39 heavy (non-hydrogen) atoms. The van der Waals surface area contributed by atoms with Gasteiger partial charge in [-0.25, -0.2) is 0 Å². The summed E-state index contributed by atoms with van der Waals surface area (Å²) < 4.78 is 6.44. The Morgan fingerprint density at radius 2 is 1.08 bits per heavy atom. The molecule has 1 aromatic heterocycles. The minimum Gasteiger partial charge on any atom is -0.455 e. The van der Waals surface area contributed by atoms with E-state index in [1.165, 1.54) is 50.1 Å². The average Bonchev–Trinajstić information content (AvgIpc) is 3.39. The molecule has 6 aromatic carbocycles. The topological polar surface area (TPSA) is 16.4 Å². The minimum atomic E-state index is 0.0795. The largest absolute Gasteiger partial charge is 0.455 e. The van der Waals surface area contributed by atoms with Gasteiger partial charge in [0.2, 0.25) is 0 Å². The summed E-state index contributed by atoms with van der Waals surface area (Å²) in [6.07, 6.45) is 0. The SMILES string of the molecule is c1ccc2c(c1)B1c3cc(-c4cccc5c4oc4ccccc45)ccc3-c3ccccc3N1c1ccccc1-2. The smallest absolute Gasteiger partial charge is 0.329 e. The van der Waals surface area contributed by atoms with Gasteiger partial charge in [0.1, 0.15) is 11.2 Å². The van der Waals surface area contributed by atoms with Gasteiger partial charge in [0.05, 0.1) is 0 Å². The number of nitrogens with zero attached hydrogens (tertiary/aromatic N) is 1. The van der Waals surface area contributed by atoms with E-state index >= 15 is 0 Å². The number of hydrogen-bond donors (Lipinski definition) is 0.